The maximum absolute atomic E-state index is 12.3. The van der Waals surface area contributed by atoms with Crippen molar-refractivity contribution in [3.8, 4) is 0 Å². The summed E-state index contributed by atoms with van der Waals surface area (Å²) in [4.78, 5) is 14.1. The van der Waals surface area contributed by atoms with Crippen molar-refractivity contribution in [3.05, 3.63) is 28.2 Å². The van der Waals surface area contributed by atoms with Crippen LogP contribution in [0.3, 0.4) is 0 Å². The number of hydrogen-bond acceptors (Lipinski definition) is 2. The van der Waals surface area contributed by atoms with Gasteiger partial charge in [-0.2, -0.15) is 0 Å². The van der Waals surface area contributed by atoms with E-state index in [2.05, 4.69) is 10.6 Å². The van der Waals surface area contributed by atoms with Crippen molar-refractivity contribution < 1.29 is 4.79 Å². The van der Waals surface area contributed by atoms with Crippen molar-refractivity contribution in [2.45, 2.75) is 19.3 Å². The minimum absolute atomic E-state index is 0.105. The van der Waals surface area contributed by atoms with E-state index in [1.54, 1.807) is 18.2 Å². The second-order valence-electron chi connectivity index (χ2n) is 5.38. The third kappa shape index (κ3) is 4.77. The van der Waals surface area contributed by atoms with E-state index in [0.717, 1.165) is 32.5 Å². The lowest BCUT2D eigenvalue weighted by Gasteiger charge is -2.32. The lowest BCUT2D eigenvalue weighted by Crippen LogP contribution is -2.41. The smallest absolute Gasteiger partial charge is 0.321 e. The van der Waals surface area contributed by atoms with Gasteiger partial charge in [0, 0.05) is 18.1 Å². The van der Waals surface area contributed by atoms with E-state index in [1.165, 1.54) is 6.42 Å². The molecule has 0 aliphatic carbocycles. The van der Waals surface area contributed by atoms with Crippen molar-refractivity contribution in [3.63, 3.8) is 0 Å². The van der Waals surface area contributed by atoms with Crippen molar-refractivity contribution in [1.82, 2.24) is 10.2 Å². The molecule has 116 valence electrons. The van der Waals surface area contributed by atoms with E-state index in [4.69, 9.17) is 23.2 Å². The second kappa shape index (κ2) is 7.87. The number of hydrogen-bond donors (Lipinski definition) is 2. The molecule has 0 aromatic heterocycles. The fourth-order valence-electron chi connectivity index (χ4n) is 2.56. The molecule has 2 N–H and O–H groups in total. The number of benzene rings is 1. The van der Waals surface area contributed by atoms with Gasteiger partial charge < -0.3 is 15.5 Å². The first-order chi connectivity index (χ1) is 10.1. The highest BCUT2D eigenvalue weighted by molar-refractivity contribution is 6.35. The molecule has 0 bridgehead atoms. The Morgan fingerprint density at radius 2 is 2.05 bits per heavy atom. The van der Waals surface area contributed by atoms with Crippen LogP contribution >= 0.6 is 23.2 Å². The molecule has 1 aliphatic rings. The van der Waals surface area contributed by atoms with Gasteiger partial charge in [-0.25, -0.2) is 4.79 Å². The summed E-state index contributed by atoms with van der Waals surface area (Å²) in [5.41, 5.74) is 0.562. The van der Waals surface area contributed by atoms with Gasteiger partial charge in [-0.3, -0.25) is 0 Å². The zero-order chi connectivity index (χ0) is 15.2. The normalized spacial score (nSPS) is 16.0. The zero-order valence-electron chi connectivity index (χ0n) is 12.2. The van der Waals surface area contributed by atoms with E-state index in [0.29, 0.717) is 21.7 Å². The molecular weight excluding hydrogens is 309 g/mol. The maximum Gasteiger partial charge on any atom is 0.321 e. The van der Waals surface area contributed by atoms with Gasteiger partial charge in [0.2, 0.25) is 0 Å². The molecular formula is C15H21Cl2N3O. The quantitative estimate of drug-likeness (QED) is 0.881. The molecule has 2 amide bonds. The predicted octanol–water partition coefficient (Wildman–Crippen LogP) is 3.85. The standard InChI is InChI=1S/C15H21Cl2N3O/c1-18-7-4-11-5-8-20(9-6-11)15(21)19-14-10-12(16)2-3-13(14)17/h2-3,10-11,18H,4-9H2,1H3,(H,19,21). The molecule has 1 fully saturated rings. The number of halogens is 2. The zero-order valence-corrected chi connectivity index (χ0v) is 13.7. The first-order valence-corrected chi connectivity index (χ1v) is 8.01. The number of anilines is 1. The molecule has 1 saturated heterocycles. The van der Waals surface area contributed by atoms with Crippen LogP contribution in [-0.2, 0) is 0 Å². The van der Waals surface area contributed by atoms with E-state index in [-0.39, 0.29) is 6.03 Å². The predicted molar refractivity (Wildman–Crippen MR) is 88.3 cm³/mol. The Morgan fingerprint density at radius 3 is 2.71 bits per heavy atom. The molecule has 6 heteroatoms. The number of urea groups is 1. The van der Waals surface area contributed by atoms with Crippen LogP contribution in [0, 0.1) is 5.92 Å². The van der Waals surface area contributed by atoms with Crippen LogP contribution in [0.5, 0.6) is 0 Å². The number of nitrogens with one attached hydrogen (secondary N) is 2. The van der Waals surface area contributed by atoms with Gasteiger partial charge in [0.05, 0.1) is 10.7 Å². The minimum atomic E-state index is -0.105. The molecule has 1 aromatic carbocycles. The third-order valence-electron chi connectivity index (χ3n) is 3.87. The molecule has 4 nitrogen and oxygen atoms in total. The van der Waals surface area contributed by atoms with Gasteiger partial charge in [-0.15, -0.1) is 0 Å². The number of amides is 2. The molecule has 21 heavy (non-hydrogen) atoms. The van der Waals surface area contributed by atoms with Gasteiger partial charge in [0.25, 0.3) is 0 Å². The first kappa shape index (κ1) is 16.4. The van der Waals surface area contributed by atoms with Gasteiger partial charge in [-0.1, -0.05) is 23.2 Å². The summed E-state index contributed by atoms with van der Waals surface area (Å²) in [6.07, 6.45) is 3.28. The van der Waals surface area contributed by atoms with Crippen molar-refractivity contribution in [2.24, 2.45) is 5.92 Å². The molecule has 1 aromatic rings. The average molecular weight is 330 g/mol. The largest absolute Gasteiger partial charge is 0.325 e. The highest BCUT2D eigenvalue weighted by Crippen LogP contribution is 2.26. The number of carbonyl (C=O) groups excluding carboxylic acids is 1. The van der Waals surface area contributed by atoms with E-state index in [1.807, 2.05) is 11.9 Å². The monoisotopic (exact) mass is 329 g/mol. The minimum Gasteiger partial charge on any atom is -0.325 e. The number of piperidine rings is 1. The second-order valence-corrected chi connectivity index (χ2v) is 6.22. The van der Waals surface area contributed by atoms with Crippen molar-refractivity contribution in [2.75, 3.05) is 32.0 Å². The summed E-state index contributed by atoms with van der Waals surface area (Å²) in [6.45, 7) is 2.62. The van der Waals surface area contributed by atoms with Crippen LogP contribution in [-0.4, -0.2) is 37.6 Å². The van der Waals surface area contributed by atoms with Gasteiger partial charge in [0.15, 0.2) is 0 Å². The third-order valence-corrected chi connectivity index (χ3v) is 4.44. The lowest BCUT2D eigenvalue weighted by molar-refractivity contribution is 0.180. The van der Waals surface area contributed by atoms with Crippen LogP contribution in [0.4, 0.5) is 10.5 Å². The van der Waals surface area contributed by atoms with Gasteiger partial charge in [0.1, 0.15) is 0 Å². The van der Waals surface area contributed by atoms with E-state index >= 15 is 0 Å². The average Bonchev–Trinajstić information content (AvgIpc) is 2.49. The number of carbonyl (C=O) groups is 1. The Hall–Kier alpha value is -0.970. The molecule has 1 aliphatic heterocycles. The summed E-state index contributed by atoms with van der Waals surface area (Å²) in [5.74, 6) is 0.705. The van der Waals surface area contributed by atoms with Crippen molar-refractivity contribution in [1.29, 1.82) is 0 Å². The SMILES string of the molecule is CNCCC1CCN(C(=O)Nc2cc(Cl)ccc2Cl)CC1. The van der Waals surface area contributed by atoms with E-state index < -0.39 is 0 Å². The Kier molecular flexibility index (Phi) is 6.15. The molecule has 0 radical (unpaired) electrons. The maximum atomic E-state index is 12.3. The number of rotatable bonds is 4. The van der Waals surface area contributed by atoms with Crippen LogP contribution in [0.1, 0.15) is 19.3 Å². The summed E-state index contributed by atoms with van der Waals surface area (Å²) in [5, 5.41) is 7.06. The summed E-state index contributed by atoms with van der Waals surface area (Å²) < 4.78 is 0. The van der Waals surface area contributed by atoms with Crippen LogP contribution in [0.15, 0.2) is 18.2 Å². The van der Waals surface area contributed by atoms with Crippen LogP contribution < -0.4 is 10.6 Å². The lowest BCUT2D eigenvalue weighted by atomic mass is 9.94. The fraction of sp³-hybridized carbons (Fsp3) is 0.533. The van der Waals surface area contributed by atoms with Crippen LogP contribution in [0.2, 0.25) is 10.0 Å². The topological polar surface area (TPSA) is 44.4 Å². The summed E-state index contributed by atoms with van der Waals surface area (Å²) >= 11 is 12.0. The summed E-state index contributed by atoms with van der Waals surface area (Å²) in [6, 6.07) is 4.95. The number of likely N-dealkylation sites (tertiary alicyclic amines) is 1. The molecule has 0 unspecified atom stereocenters. The highest BCUT2D eigenvalue weighted by Gasteiger charge is 2.22. The molecule has 0 saturated carbocycles. The Morgan fingerprint density at radius 1 is 1.33 bits per heavy atom. The fourth-order valence-corrected chi connectivity index (χ4v) is 2.90. The number of nitrogens with zero attached hydrogens (tertiary/aromatic N) is 1. The highest BCUT2D eigenvalue weighted by atomic mass is 35.5. The van der Waals surface area contributed by atoms with Gasteiger partial charge in [-0.05, 0) is 57.0 Å². The van der Waals surface area contributed by atoms with Crippen LogP contribution in [0.25, 0.3) is 0 Å². The molecule has 2 rings (SSSR count). The first-order valence-electron chi connectivity index (χ1n) is 7.25. The Balaban J connectivity index is 1.86. The molecule has 0 spiro atoms. The Labute approximate surface area is 135 Å². The van der Waals surface area contributed by atoms with E-state index in [9.17, 15) is 4.79 Å². The van der Waals surface area contributed by atoms with Gasteiger partial charge >= 0.3 is 6.03 Å². The van der Waals surface area contributed by atoms with Crippen molar-refractivity contribution >= 4 is 34.9 Å². The molecule has 0 atom stereocenters. The molecule has 1 heterocycles. The Bertz CT molecular complexity index is 488. The summed E-state index contributed by atoms with van der Waals surface area (Å²) in [7, 11) is 1.97.